The molecule has 2 heterocycles. The number of fused-ring (bicyclic) bond motifs is 1. The van der Waals surface area contributed by atoms with Crippen molar-refractivity contribution < 1.29 is 0 Å². The van der Waals surface area contributed by atoms with Crippen molar-refractivity contribution in [3.05, 3.63) is 30.1 Å². The third-order valence-corrected chi connectivity index (χ3v) is 4.77. The largest absolute Gasteiger partial charge is 0.398 e. The molecule has 0 bridgehead atoms. The Kier molecular flexibility index (Phi) is 3.00. The summed E-state index contributed by atoms with van der Waals surface area (Å²) in [6, 6.07) is 7.22. The fraction of sp³-hybridized carbons (Fsp3) is 0.471. The van der Waals surface area contributed by atoms with Crippen molar-refractivity contribution in [2.75, 3.05) is 36.8 Å². The van der Waals surface area contributed by atoms with Gasteiger partial charge in [0.05, 0.1) is 0 Å². The van der Waals surface area contributed by atoms with Gasteiger partial charge in [-0.3, -0.25) is 9.88 Å². The molecule has 1 aliphatic carbocycles. The first-order chi connectivity index (χ1) is 10.2. The third-order valence-electron chi connectivity index (χ3n) is 4.77. The molecule has 110 valence electrons. The van der Waals surface area contributed by atoms with Crippen LogP contribution in [0, 0.1) is 6.92 Å². The van der Waals surface area contributed by atoms with Gasteiger partial charge in [0.2, 0.25) is 0 Å². The summed E-state index contributed by atoms with van der Waals surface area (Å²) in [5.41, 5.74) is 9.28. The van der Waals surface area contributed by atoms with Crippen LogP contribution in [-0.2, 0) is 0 Å². The van der Waals surface area contributed by atoms with E-state index >= 15 is 0 Å². The van der Waals surface area contributed by atoms with Crippen LogP contribution in [0.2, 0.25) is 0 Å². The molecular formula is C17H22N4. The Balaban J connectivity index is 1.67. The molecule has 1 aromatic heterocycles. The Morgan fingerprint density at radius 3 is 2.57 bits per heavy atom. The Morgan fingerprint density at radius 2 is 1.86 bits per heavy atom. The highest BCUT2D eigenvalue weighted by molar-refractivity contribution is 6.01. The number of hydrogen-bond acceptors (Lipinski definition) is 4. The van der Waals surface area contributed by atoms with Gasteiger partial charge in [-0.1, -0.05) is 0 Å². The monoisotopic (exact) mass is 282 g/mol. The number of rotatable bonds is 2. The lowest BCUT2D eigenvalue weighted by Crippen LogP contribution is -2.47. The molecule has 2 aliphatic rings. The average molecular weight is 282 g/mol. The van der Waals surface area contributed by atoms with E-state index in [0.29, 0.717) is 0 Å². The molecule has 4 heteroatoms. The van der Waals surface area contributed by atoms with Crippen molar-refractivity contribution in [2.45, 2.75) is 25.8 Å². The van der Waals surface area contributed by atoms with E-state index in [2.05, 4.69) is 26.9 Å². The van der Waals surface area contributed by atoms with Crippen molar-refractivity contribution in [1.29, 1.82) is 0 Å². The second-order valence-corrected chi connectivity index (χ2v) is 6.30. The second kappa shape index (κ2) is 4.88. The number of hydrogen-bond donors (Lipinski definition) is 1. The van der Waals surface area contributed by atoms with Crippen LogP contribution in [0.15, 0.2) is 24.4 Å². The number of aryl methyl sites for hydroxylation is 1. The highest BCUT2D eigenvalue weighted by atomic mass is 15.3. The molecule has 0 unspecified atom stereocenters. The molecule has 0 amide bonds. The van der Waals surface area contributed by atoms with Gasteiger partial charge < -0.3 is 10.6 Å². The summed E-state index contributed by atoms with van der Waals surface area (Å²) in [5.74, 6) is 0. The van der Waals surface area contributed by atoms with Gasteiger partial charge in [0, 0.05) is 66.3 Å². The third kappa shape index (κ3) is 2.33. The highest BCUT2D eigenvalue weighted by Gasteiger charge is 2.31. The normalized spacial score (nSPS) is 20.1. The quantitative estimate of drug-likeness (QED) is 0.859. The van der Waals surface area contributed by atoms with E-state index < -0.39 is 0 Å². The van der Waals surface area contributed by atoms with Gasteiger partial charge in [-0.2, -0.15) is 0 Å². The fourth-order valence-electron chi connectivity index (χ4n) is 3.39. The van der Waals surface area contributed by atoms with Gasteiger partial charge in [0.15, 0.2) is 0 Å². The molecule has 0 radical (unpaired) electrons. The van der Waals surface area contributed by atoms with E-state index in [0.717, 1.165) is 35.9 Å². The van der Waals surface area contributed by atoms with E-state index in [1.165, 1.54) is 37.0 Å². The molecule has 1 saturated heterocycles. The maximum absolute atomic E-state index is 6.11. The van der Waals surface area contributed by atoms with E-state index in [1.54, 1.807) is 0 Å². The van der Waals surface area contributed by atoms with Crippen LogP contribution < -0.4 is 10.6 Å². The number of benzene rings is 1. The SMILES string of the molecule is Cc1cc2c(N3CCN(C4CC4)CC3)ccc(N)c2cn1. The minimum absolute atomic E-state index is 0.817. The number of pyridine rings is 1. The maximum atomic E-state index is 6.11. The number of nitrogen functional groups attached to an aromatic ring is 1. The van der Waals surface area contributed by atoms with Crippen molar-refractivity contribution in [2.24, 2.45) is 0 Å². The number of piperazine rings is 1. The molecule has 2 aromatic rings. The van der Waals surface area contributed by atoms with Crippen LogP contribution in [-0.4, -0.2) is 42.1 Å². The van der Waals surface area contributed by atoms with Crippen LogP contribution in [0.3, 0.4) is 0 Å². The predicted octanol–water partition coefficient (Wildman–Crippen LogP) is 2.41. The van der Waals surface area contributed by atoms with Crippen LogP contribution in [0.25, 0.3) is 10.8 Å². The zero-order chi connectivity index (χ0) is 14.4. The van der Waals surface area contributed by atoms with Gasteiger partial charge in [-0.15, -0.1) is 0 Å². The molecule has 21 heavy (non-hydrogen) atoms. The van der Waals surface area contributed by atoms with Gasteiger partial charge in [0.1, 0.15) is 0 Å². The van der Waals surface area contributed by atoms with Crippen molar-refractivity contribution in [3.63, 3.8) is 0 Å². The Bertz CT molecular complexity index is 670. The Morgan fingerprint density at radius 1 is 1.10 bits per heavy atom. The predicted molar refractivity (Wildman–Crippen MR) is 87.7 cm³/mol. The molecular weight excluding hydrogens is 260 g/mol. The zero-order valence-electron chi connectivity index (χ0n) is 12.5. The van der Waals surface area contributed by atoms with Crippen molar-refractivity contribution in [1.82, 2.24) is 9.88 Å². The maximum Gasteiger partial charge on any atom is 0.0449 e. The minimum atomic E-state index is 0.817. The number of aromatic nitrogens is 1. The average Bonchev–Trinajstić information content (AvgIpc) is 3.32. The van der Waals surface area contributed by atoms with E-state index in [9.17, 15) is 0 Å². The lowest BCUT2D eigenvalue weighted by atomic mass is 10.1. The van der Waals surface area contributed by atoms with Gasteiger partial charge in [-0.25, -0.2) is 0 Å². The topological polar surface area (TPSA) is 45.4 Å². The summed E-state index contributed by atoms with van der Waals surface area (Å²) < 4.78 is 0. The van der Waals surface area contributed by atoms with Crippen LogP contribution in [0.1, 0.15) is 18.5 Å². The summed E-state index contributed by atoms with van der Waals surface area (Å²) in [6.45, 7) is 6.62. The first-order valence-corrected chi connectivity index (χ1v) is 7.86. The van der Waals surface area contributed by atoms with Crippen molar-refractivity contribution >= 4 is 22.1 Å². The molecule has 1 saturated carbocycles. The van der Waals surface area contributed by atoms with Gasteiger partial charge in [0.25, 0.3) is 0 Å². The van der Waals surface area contributed by atoms with Gasteiger partial charge >= 0.3 is 0 Å². The Hall–Kier alpha value is -1.81. The number of anilines is 2. The molecule has 1 aromatic carbocycles. The first-order valence-electron chi connectivity index (χ1n) is 7.86. The minimum Gasteiger partial charge on any atom is -0.398 e. The zero-order valence-corrected chi connectivity index (χ0v) is 12.5. The van der Waals surface area contributed by atoms with Gasteiger partial charge in [-0.05, 0) is 38.0 Å². The smallest absolute Gasteiger partial charge is 0.0449 e. The molecule has 2 N–H and O–H groups in total. The summed E-state index contributed by atoms with van der Waals surface area (Å²) in [5, 5.41) is 2.31. The van der Waals surface area contributed by atoms with E-state index in [4.69, 9.17) is 5.73 Å². The molecule has 2 fully saturated rings. The highest BCUT2D eigenvalue weighted by Crippen LogP contribution is 2.33. The first kappa shape index (κ1) is 12.9. The van der Waals surface area contributed by atoms with E-state index in [-0.39, 0.29) is 0 Å². The molecule has 1 aliphatic heterocycles. The summed E-state index contributed by atoms with van der Waals surface area (Å²) in [6.07, 6.45) is 4.70. The molecule has 0 atom stereocenters. The Labute approximate surface area is 125 Å². The fourth-order valence-corrected chi connectivity index (χ4v) is 3.39. The molecule has 0 spiro atoms. The molecule has 4 rings (SSSR count). The number of nitrogens with zero attached hydrogens (tertiary/aromatic N) is 3. The lowest BCUT2D eigenvalue weighted by Gasteiger charge is -2.36. The summed E-state index contributed by atoms with van der Waals surface area (Å²) in [7, 11) is 0. The van der Waals surface area contributed by atoms with Crippen molar-refractivity contribution in [3.8, 4) is 0 Å². The van der Waals surface area contributed by atoms with Crippen LogP contribution in [0.4, 0.5) is 11.4 Å². The summed E-state index contributed by atoms with van der Waals surface area (Å²) in [4.78, 5) is 9.53. The second-order valence-electron chi connectivity index (χ2n) is 6.30. The van der Waals surface area contributed by atoms with E-state index in [1.807, 2.05) is 19.2 Å². The van der Waals surface area contributed by atoms with Crippen LogP contribution in [0.5, 0.6) is 0 Å². The summed E-state index contributed by atoms with van der Waals surface area (Å²) >= 11 is 0. The lowest BCUT2D eigenvalue weighted by molar-refractivity contribution is 0.248. The standard InChI is InChI=1S/C17H22N4/c1-12-10-14-15(11-19-12)16(18)4-5-17(14)21-8-6-20(7-9-21)13-2-3-13/h4-5,10-11,13H,2-3,6-9,18H2,1H3. The number of nitrogens with two attached hydrogens (primary N) is 1. The van der Waals surface area contributed by atoms with Crippen LogP contribution >= 0.6 is 0 Å². The molecule has 4 nitrogen and oxygen atoms in total.